The lowest BCUT2D eigenvalue weighted by Crippen LogP contribution is -2.16. The molecule has 86 valence electrons. The topological polar surface area (TPSA) is 43.4 Å². The molecule has 16 heavy (non-hydrogen) atoms. The zero-order valence-electron chi connectivity index (χ0n) is 9.82. The van der Waals surface area contributed by atoms with Gasteiger partial charge in [0.25, 0.3) is 0 Å². The number of hydrogen-bond donors (Lipinski definition) is 0. The van der Waals surface area contributed by atoms with Crippen molar-refractivity contribution in [1.29, 1.82) is 0 Å². The van der Waals surface area contributed by atoms with Gasteiger partial charge in [0.15, 0.2) is 0 Å². The number of benzene rings is 1. The van der Waals surface area contributed by atoms with Crippen LogP contribution in [0.4, 0.5) is 0 Å². The molecule has 0 fully saturated rings. The van der Waals surface area contributed by atoms with Crippen LogP contribution in [0.2, 0.25) is 0 Å². The van der Waals surface area contributed by atoms with Crippen LogP contribution in [0.3, 0.4) is 0 Å². The van der Waals surface area contributed by atoms with Crippen molar-refractivity contribution in [3.8, 4) is 5.75 Å². The summed E-state index contributed by atoms with van der Waals surface area (Å²) in [4.78, 5) is 21.7. The lowest BCUT2D eigenvalue weighted by atomic mass is 10.0. The summed E-state index contributed by atoms with van der Waals surface area (Å²) >= 11 is 0. The molecule has 0 aromatic heterocycles. The largest absolute Gasteiger partial charge is 0.421 e. The minimum Gasteiger partial charge on any atom is -0.421 e. The van der Waals surface area contributed by atoms with Gasteiger partial charge in [-0.05, 0) is 30.0 Å². The SMILES string of the molecule is CC(=O)C(=O)Oc1ccc(CC(C)C)cc1. The first-order valence-electron chi connectivity index (χ1n) is 5.30. The molecule has 1 rings (SSSR count). The average Bonchev–Trinajstić information content (AvgIpc) is 2.20. The third kappa shape index (κ3) is 3.85. The van der Waals surface area contributed by atoms with E-state index in [0.717, 1.165) is 6.42 Å². The quantitative estimate of drug-likeness (QED) is 0.444. The van der Waals surface area contributed by atoms with Gasteiger partial charge in [0.05, 0.1) is 0 Å². The number of carbonyl (C=O) groups excluding carboxylic acids is 2. The molecule has 3 heteroatoms. The van der Waals surface area contributed by atoms with Gasteiger partial charge in [-0.3, -0.25) is 4.79 Å². The summed E-state index contributed by atoms with van der Waals surface area (Å²) < 4.78 is 4.85. The minimum absolute atomic E-state index is 0.410. The Balaban J connectivity index is 2.64. The maximum absolute atomic E-state index is 11.0. The maximum atomic E-state index is 11.0. The van der Waals surface area contributed by atoms with Crippen LogP contribution in [-0.4, -0.2) is 11.8 Å². The second-order valence-electron chi connectivity index (χ2n) is 4.19. The summed E-state index contributed by atoms with van der Waals surface area (Å²) in [5.74, 6) is -0.416. The highest BCUT2D eigenvalue weighted by Crippen LogP contribution is 2.15. The van der Waals surface area contributed by atoms with Crippen LogP contribution < -0.4 is 4.74 Å². The van der Waals surface area contributed by atoms with Gasteiger partial charge < -0.3 is 4.74 Å². The molecule has 0 heterocycles. The molecule has 0 aliphatic rings. The van der Waals surface area contributed by atoms with Crippen molar-refractivity contribution in [2.45, 2.75) is 27.2 Å². The van der Waals surface area contributed by atoms with E-state index < -0.39 is 11.8 Å². The van der Waals surface area contributed by atoms with Crippen LogP contribution >= 0.6 is 0 Å². The third-order valence-electron chi connectivity index (χ3n) is 2.07. The van der Waals surface area contributed by atoms with Gasteiger partial charge in [-0.15, -0.1) is 0 Å². The minimum atomic E-state index is -0.823. The van der Waals surface area contributed by atoms with Crippen LogP contribution in [0.1, 0.15) is 26.3 Å². The number of hydrogen-bond acceptors (Lipinski definition) is 3. The highest BCUT2D eigenvalue weighted by atomic mass is 16.5. The van der Waals surface area contributed by atoms with Gasteiger partial charge in [0.2, 0.25) is 5.78 Å². The molecule has 0 bridgehead atoms. The van der Waals surface area contributed by atoms with Gasteiger partial charge in [-0.25, -0.2) is 4.79 Å². The Bertz CT molecular complexity index is 377. The second-order valence-corrected chi connectivity index (χ2v) is 4.19. The van der Waals surface area contributed by atoms with E-state index in [0.29, 0.717) is 11.7 Å². The van der Waals surface area contributed by atoms with Crippen LogP contribution in [0.15, 0.2) is 24.3 Å². The Labute approximate surface area is 95.4 Å². The van der Waals surface area contributed by atoms with E-state index in [9.17, 15) is 9.59 Å². The Morgan fingerprint density at radius 2 is 1.75 bits per heavy atom. The van der Waals surface area contributed by atoms with Crippen LogP contribution in [-0.2, 0) is 16.0 Å². The van der Waals surface area contributed by atoms with E-state index in [-0.39, 0.29) is 0 Å². The van der Waals surface area contributed by atoms with Crippen molar-refractivity contribution in [3.05, 3.63) is 29.8 Å². The summed E-state index contributed by atoms with van der Waals surface area (Å²) in [6.45, 7) is 5.48. The molecule has 0 saturated carbocycles. The standard InChI is InChI=1S/C13H16O3/c1-9(2)8-11-4-6-12(7-5-11)16-13(15)10(3)14/h4-7,9H,8H2,1-3H3. The number of ketones is 1. The molecule has 3 nitrogen and oxygen atoms in total. The Kier molecular flexibility index (Phi) is 4.23. The number of Topliss-reactive ketones (excluding diaryl/α,β-unsaturated/α-hetero) is 1. The van der Waals surface area contributed by atoms with Gasteiger partial charge in [0, 0.05) is 6.92 Å². The number of ether oxygens (including phenoxy) is 1. The highest BCUT2D eigenvalue weighted by molar-refractivity contribution is 6.33. The van der Waals surface area contributed by atoms with Gasteiger partial charge >= 0.3 is 5.97 Å². The van der Waals surface area contributed by atoms with Crippen molar-refractivity contribution in [2.24, 2.45) is 5.92 Å². The highest BCUT2D eigenvalue weighted by Gasteiger charge is 2.09. The van der Waals surface area contributed by atoms with E-state index in [1.165, 1.54) is 12.5 Å². The monoisotopic (exact) mass is 220 g/mol. The first-order chi connectivity index (χ1) is 7.49. The fourth-order valence-electron chi connectivity index (χ4n) is 1.34. The molecule has 0 spiro atoms. The van der Waals surface area contributed by atoms with E-state index in [1.807, 2.05) is 12.1 Å². The normalized spacial score (nSPS) is 10.2. The van der Waals surface area contributed by atoms with E-state index in [2.05, 4.69) is 13.8 Å². The fraction of sp³-hybridized carbons (Fsp3) is 0.385. The van der Waals surface area contributed by atoms with Crippen molar-refractivity contribution in [1.82, 2.24) is 0 Å². The van der Waals surface area contributed by atoms with Crippen molar-refractivity contribution in [2.75, 3.05) is 0 Å². The van der Waals surface area contributed by atoms with E-state index >= 15 is 0 Å². The molecular formula is C13H16O3. The lowest BCUT2D eigenvalue weighted by Gasteiger charge is -2.06. The second kappa shape index (κ2) is 5.45. The molecule has 1 aromatic rings. The molecule has 0 saturated heterocycles. The molecule has 0 unspecified atom stereocenters. The molecule has 0 aliphatic heterocycles. The summed E-state index contributed by atoms with van der Waals surface area (Å²) in [5, 5.41) is 0. The van der Waals surface area contributed by atoms with E-state index in [4.69, 9.17) is 4.74 Å². The van der Waals surface area contributed by atoms with Crippen molar-refractivity contribution in [3.63, 3.8) is 0 Å². The van der Waals surface area contributed by atoms with Gasteiger partial charge in [-0.1, -0.05) is 26.0 Å². The molecular weight excluding hydrogens is 204 g/mol. The molecule has 0 N–H and O–H groups in total. The Hall–Kier alpha value is -1.64. The first-order valence-corrected chi connectivity index (χ1v) is 5.30. The number of rotatable bonds is 4. The predicted molar refractivity (Wildman–Crippen MR) is 61.3 cm³/mol. The third-order valence-corrected chi connectivity index (χ3v) is 2.07. The van der Waals surface area contributed by atoms with Gasteiger partial charge in [-0.2, -0.15) is 0 Å². The number of carbonyl (C=O) groups is 2. The zero-order valence-corrected chi connectivity index (χ0v) is 9.82. The smallest absolute Gasteiger partial charge is 0.379 e. The zero-order chi connectivity index (χ0) is 12.1. The summed E-state index contributed by atoms with van der Waals surface area (Å²) in [5.41, 5.74) is 1.19. The molecule has 0 atom stereocenters. The van der Waals surface area contributed by atoms with E-state index in [1.54, 1.807) is 12.1 Å². The Morgan fingerprint density at radius 1 is 1.19 bits per heavy atom. The summed E-state index contributed by atoms with van der Waals surface area (Å²) in [6.07, 6.45) is 0.987. The predicted octanol–water partition coefficient (Wildman–Crippen LogP) is 2.38. The van der Waals surface area contributed by atoms with Crippen LogP contribution in [0, 0.1) is 5.92 Å². The Morgan fingerprint density at radius 3 is 2.19 bits per heavy atom. The summed E-state index contributed by atoms with van der Waals surface area (Å²) in [7, 11) is 0. The average molecular weight is 220 g/mol. The lowest BCUT2D eigenvalue weighted by molar-refractivity contribution is -0.146. The van der Waals surface area contributed by atoms with Crippen LogP contribution in [0.5, 0.6) is 5.75 Å². The maximum Gasteiger partial charge on any atom is 0.379 e. The van der Waals surface area contributed by atoms with Crippen molar-refractivity contribution < 1.29 is 14.3 Å². The molecule has 0 amide bonds. The molecule has 1 aromatic carbocycles. The number of esters is 1. The van der Waals surface area contributed by atoms with Crippen LogP contribution in [0.25, 0.3) is 0 Å². The molecule has 0 radical (unpaired) electrons. The fourth-order valence-corrected chi connectivity index (χ4v) is 1.34. The summed E-state index contributed by atoms with van der Waals surface area (Å²) in [6, 6.07) is 7.22. The van der Waals surface area contributed by atoms with Crippen molar-refractivity contribution >= 4 is 11.8 Å². The first kappa shape index (κ1) is 12.4. The molecule has 0 aliphatic carbocycles. The van der Waals surface area contributed by atoms with Gasteiger partial charge in [0.1, 0.15) is 5.75 Å².